The lowest BCUT2D eigenvalue weighted by atomic mass is 9.96. The van der Waals surface area contributed by atoms with E-state index in [9.17, 15) is 0 Å². The molecule has 0 aliphatic rings. The molecule has 2 nitrogen and oxygen atoms in total. The summed E-state index contributed by atoms with van der Waals surface area (Å²) in [5, 5.41) is 0. The summed E-state index contributed by atoms with van der Waals surface area (Å²) in [6, 6.07) is 6.38. The Bertz CT molecular complexity index is 440. The van der Waals surface area contributed by atoms with Crippen LogP contribution >= 0.6 is 11.3 Å². The molecule has 0 aliphatic carbocycles. The zero-order valence-electron chi connectivity index (χ0n) is 8.45. The first-order chi connectivity index (χ1) is 6.54. The fourth-order valence-corrected chi connectivity index (χ4v) is 2.20. The topological polar surface area (TPSA) is 38.9 Å². The molecule has 14 heavy (non-hydrogen) atoms. The quantitative estimate of drug-likeness (QED) is 0.820. The third-order valence-corrected chi connectivity index (χ3v) is 2.86. The number of nitrogens with two attached hydrogens (primary N) is 1. The monoisotopic (exact) mass is 206 g/mol. The van der Waals surface area contributed by atoms with E-state index < -0.39 is 0 Å². The SMILES string of the molecule is CC(C)(N)Cc1ccc2scnc2c1. The van der Waals surface area contributed by atoms with Gasteiger partial charge in [-0.25, -0.2) is 4.98 Å². The summed E-state index contributed by atoms with van der Waals surface area (Å²) in [6.07, 6.45) is 0.889. The maximum absolute atomic E-state index is 5.97. The van der Waals surface area contributed by atoms with Crippen molar-refractivity contribution in [3.05, 3.63) is 29.3 Å². The third-order valence-electron chi connectivity index (χ3n) is 2.05. The molecule has 3 heteroatoms. The Morgan fingerprint density at radius 2 is 2.21 bits per heavy atom. The molecule has 2 aromatic rings. The molecule has 0 unspecified atom stereocenters. The first kappa shape index (κ1) is 9.62. The fourth-order valence-electron chi connectivity index (χ4n) is 1.54. The van der Waals surface area contributed by atoms with Crippen LogP contribution in [0.15, 0.2) is 23.7 Å². The van der Waals surface area contributed by atoms with Crippen molar-refractivity contribution in [2.45, 2.75) is 25.8 Å². The minimum absolute atomic E-state index is 0.149. The average Bonchev–Trinajstić information content (AvgIpc) is 2.47. The van der Waals surface area contributed by atoms with Gasteiger partial charge >= 0.3 is 0 Å². The van der Waals surface area contributed by atoms with E-state index in [2.05, 4.69) is 23.2 Å². The van der Waals surface area contributed by atoms with Crippen molar-refractivity contribution in [2.75, 3.05) is 0 Å². The van der Waals surface area contributed by atoms with E-state index in [-0.39, 0.29) is 5.54 Å². The summed E-state index contributed by atoms with van der Waals surface area (Å²) in [5.74, 6) is 0. The number of nitrogens with zero attached hydrogens (tertiary/aromatic N) is 1. The van der Waals surface area contributed by atoms with Crippen LogP contribution in [0.3, 0.4) is 0 Å². The number of aromatic nitrogens is 1. The van der Waals surface area contributed by atoms with Crippen LogP contribution in [0, 0.1) is 0 Å². The van der Waals surface area contributed by atoms with Crippen LogP contribution in [0.2, 0.25) is 0 Å². The molecule has 0 amide bonds. The predicted molar refractivity (Wildman–Crippen MR) is 61.6 cm³/mol. The Labute approximate surface area is 87.8 Å². The highest BCUT2D eigenvalue weighted by Gasteiger charge is 2.11. The standard InChI is InChI=1S/C11H14N2S/c1-11(2,12)6-8-3-4-10-9(5-8)13-7-14-10/h3-5,7H,6,12H2,1-2H3. The van der Waals surface area contributed by atoms with Crippen LogP contribution in [-0.2, 0) is 6.42 Å². The molecule has 1 aromatic heterocycles. The lowest BCUT2D eigenvalue weighted by Crippen LogP contribution is -2.34. The molecular weight excluding hydrogens is 192 g/mol. The van der Waals surface area contributed by atoms with Gasteiger partial charge in [-0.15, -0.1) is 11.3 Å². The highest BCUT2D eigenvalue weighted by molar-refractivity contribution is 7.16. The zero-order chi connectivity index (χ0) is 10.2. The summed E-state index contributed by atoms with van der Waals surface area (Å²) in [6.45, 7) is 4.08. The van der Waals surface area contributed by atoms with Gasteiger partial charge in [0, 0.05) is 5.54 Å². The lowest BCUT2D eigenvalue weighted by Gasteiger charge is -2.18. The number of thiazole rings is 1. The van der Waals surface area contributed by atoms with E-state index in [4.69, 9.17) is 5.73 Å². The second-order valence-corrected chi connectivity index (χ2v) is 5.21. The number of rotatable bonds is 2. The Morgan fingerprint density at radius 1 is 1.43 bits per heavy atom. The highest BCUT2D eigenvalue weighted by atomic mass is 32.1. The molecule has 0 atom stereocenters. The van der Waals surface area contributed by atoms with E-state index in [1.54, 1.807) is 11.3 Å². The molecule has 0 radical (unpaired) electrons. The molecular formula is C11H14N2S. The van der Waals surface area contributed by atoms with Gasteiger partial charge in [-0.05, 0) is 38.0 Å². The summed E-state index contributed by atoms with van der Waals surface area (Å²) >= 11 is 1.67. The van der Waals surface area contributed by atoms with Crippen molar-refractivity contribution in [3.8, 4) is 0 Å². The van der Waals surface area contributed by atoms with Crippen molar-refractivity contribution in [1.29, 1.82) is 0 Å². The first-order valence-corrected chi connectivity index (χ1v) is 5.54. The number of fused-ring (bicyclic) bond motifs is 1. The van der Waals surface area contributed by atoms with Gasteiger partial charge < -0.3 is 5.73 Å². The molecule has 2 N–H and O–H groups in total. The molecule has 74 valence electrons. The summed E-state index contributed by atoms with van der Waals surface area (Å²) in [5.41, 5.74) is 10.0. The molecule has 0 aliphatic heterocycles. The minimum atomic E-state index is -0.149. The van der Waals surface area contributed by atoms with Gasteiger partial charge in [-0.3, -0.25) is 0 Å². The van der Waals surface area contributed by atoms with E-state index in [0.717, 1.165) is 11.9 Å². The fraction of sp³-hybridized carbons (Fsp3) is 0.364. The summed E-state index contributed by atoms with van der Waals surface area (Å²) in [4.78, 5) is 4.29. The summed E-state index contributed by atoms with van der Waals surface area (Å²) in [7, 11) is 0. The molecule has 0 saturated heterocycles. The molecule has 0 bridgehead atoms. The van der Waals surface area contributed by atoms with Gasteiger partial charge in [0.2, 0.25) is 0 Å². The number of benzene rings is 1. The maximum atomic E-state index is 5.97. The molecule has 0 fully saturated rings. The first-order valence-electron chi connectivity index (χ1n) is 4.66. The van der Waals surface area contributed by atoms with Crippen LogP contribution in [0.5, 0.6) is 0 Å². The lowest BCUT2D eigenvalue weighted by molar-refractivity contribution is 0.517. The highest BCUT2D eigenvalue weighted by Crippen LogP contribution is 2.20. The second-order valence-electron chi connectivity index (χ2n) is 4.32. The Morgan fingerprint density at radius 3 is 2.93 bits per heavy atom. The van der Waals surface area contributed by atoms with Gasteiger partial charge in [-0.1, -0.05) is 6.07 Å². The number of hydrogen-bond acceptors (Lipinski definition) is 3. The minimum Gasteiger partial charge on any atom is -0.325 e. The molecule has 2 rings (SSSR count). The number of hydrogen-bond donors (Lipinski definition) is 1. The van der Waals surface area contributed by atoms with E-state index in [1.807, 2.05) is 19.4 Å². The second kappa shape index (κ2) is 3.33. The van der Waals surface area contributed by atoms with E-state index in [1.165, 1.54) is 10.3 Å². The zero-order valence-corrected chi connectivity index (χ0v) is 9.27. The van der Waals surface area contributed by atoms with Crippen LogP contribution < -0.4 is 5.73 Å². The average molecular weight is 206 g/mol. The van der Waals surface area contributed by atoms with Crippen LogP contribution in [0.1, 0.15) is 19.4 Å². The molecule has 0 saturated carbocycles. The van der Waals surface area contributed by atoms with Crippen molar-refractivity contribution in [1.82, 2.24) is 4.98 Å². The Hall–Kier alpha value is -0.930. The summed E-state index contributed by atoms with van der Waals surface area (Å²) < 4.78 is 1.24. The van der Waals surface area contributed by atoms with Gasteiger partial charge in [0.05, 0.1) is 15.7 Å². The van der Waals surface area contributed by atoms with Gasteiger partial charge in [0.1, 0.15) is 0 Å². The maximum Gasteiger partial charge on any atom is 0.0814 e. The van der Waals surface area contributed by atoms with Crippen molar-refractivity contribution < 1.29 is 0 Å². The molecule has 1 aromatic carbocycles. The van der Waals surface area contributed by atoms with Crippen LogP contribution in [-0.4, -0.2) is 10.5 Å². The largest absolute Gasteiger partial charge is 0.325 e. The predicted octanol–water partition coefficient (Wildman–Crippen LogP) is 2.58. The normalized spacial score (nSPS) is 12.2. The Balaban J connectivity index is 2.35. The Kier molecular flexibility index (Phi) is 2.29. The van der Waals surface area contributed by atoms with Crippen molar-refractivity contribution in [3.63, 3.8) is 0 Å². The van der Waals surface area contributed by atoms with Crippen LogP contribution in [0.25, 0.3) is 10.2 Å². The van der Waals surface area contributed by atoms with Gasteiger partial charge in [-0.2, -0.15) is 0 Å². The van der Waals surface area contributed by atoms with Crippen molar-refractivity contribution >= 4 is 21.6 Å². The smallest absolute Gasteiger partial charge is 0.0814 e. The van der Waals surface area contributed by atoms with Gasteiger partial charge in [0.25, 0.3) is 0 Å². The van der Waals surface area contributed by atoms with E-state index in [0.29, 0.717) is 0 Å². The third kappa shape index (κ3) is 2.11. The van der Waals surface area contributed by atoms with Gasteiger partial charge in [0.15, 0.2) is 0 Å². The van der Waals surface area contributed by atoms with Crippen molar-refractivity contribution in [2.24, 2.45) is 5.73 Å². The molecule has 0 spiro atoms. The van der Waals surface area contributed by atoms with Crippen LogP contribution in [0.4, 0.5) is 0 Å². The van der Waals surface area contributed by atoms with E-state index >= 15 is 0 Å². The molecule has 1 heterocycles.